The third-order valence-corrected chi connectivity index (χ3v) is 4.58. The molecular formula is C17H17N3O3S. The number of imidazole rings is 1. The van der Waals surface area contributed by atoms with Crippen molar-refractivity contribution in [2.24, 2.45) is 0 Å². The van der Waals surface area contributed by atoms with Crippen LogP contribution in [-0.2, 0) is 10.0 Å². The van der Waals surface area contributed by atoms with E-state index in [1.807, 2.05) is 30.3 Å². The van der Waals surface area contributed by atoms with Crippen LogP contribution in [0.25, 0.3) is 11.3 Å². The van der Waals surface area contributed by atoms with Gasteiger partial charge in [0.25, 0.3) is 0 Å². The van der Waals surface area contributed by atoms with Crippen molar-refractivity contribution in [2.75, 3.05) is 17.1 Å². The van der Waals surface area contributed by atoms with E-state index in [2.05, 4.69) is 14.7 Å². The monoisotopic (exact) mass is 343 g/mol. The molecule has 0 saturated heterocycles. The van der Waals surface area contributed by atoms with Crippen molar-refractivity contribution >= 4 is 15.7 Å². The highest BCUT2D eigenvalue weighted by atomic mass is 32.2. The zero-order chi connectivity index (χ0) is 16.8. The quantitative estimate of drug-likeness (QED) is 0.691. The molecule has 1 aromatic heterocycles. The summed E-state index contributed by atoms with van der Waals surface area (Å²) in [5.74, 6) is 0.529. The molecule has 6 nitrogen and oxygen atoms in total. The number of anilines is 1. The van der Waals surface area contributed by atoms with Gasteiger partial charge >= 0.3 is 0 Å². The fourth-order valence-electron chi connectivity index (χ4n) is 2.15. The zero-order valence-electron chi connectivity index (χ0n) is 12.8. The number of nitrogens with one attached hydrogen (secondary N) is 2. The van der Waals surface area contributed by atoms with Gasteiger partial charge in [-0.3, -0.25) is 4.72 Å². The molecule has 1 heterocycles. The molecule has 0 fully saturated rings. The Kier molecular flexibility index (Phi) is 4.81. The van der Waals surface area contributed by atoms with Gasteiger partial charge in [0.2, 0.25) is 10.0 Å². The molecule has 3 aromatic rings. The lowest BCUT2D eigenvalue weighted by molar-refractivity contribution is 0.341. The topological polar surface area (TPSA) is 84.1 Å². The third-order valence-electron chi connectivity index (χ3n) is 3.33. The molecule has 0 aliphatic rings. The first-order valence-electron chi connectivity index (χ1n) is 7.39. The summed E-state index contributed by atoms with van der Waals surface area (Å²) >= 11 is 0. The molecule has 0 bridgehead atoms. The number of rotatable bonds is 7. The second-order valence-corrected chi connectivity index (χ2v) is 6.97. The van der Waals surface area contributed by atoms with E-state index in [9.17, 15) is 8.42 Å². The van der Waals surface area contributed by atoms with Crippen LogP contribution in [-0.4, -0.2) is 30.7 Å². The molecule has 0 atom stereocenters. The summed E-state index contributed by atoms with van der Waals surface area (Å²) in [7, 11) is -3.47. The van der Waals surface area contributed by atoms with Crippen LogP contribution in [0.1, 0.15) is 0 Å². The van der Waals surface area contributed by atoms with Crippen molar-refractivity contribution in [3.63, 3.8) is 0 Å². The highest BCUT2D eigenvalue weighted by Crippen LogP contribution is 2.19. The first kappa shape index (κ1) is 16.1. The van der Waals surface area contributed by atoms with Gasteiger partial charge in [-0.15, -0.1) is 0 Å². The van der Waals surface area contributed by atoms with Gasteiger partial charge in [0, 0.05) is 5.69 Å². The SMILES string of the molecule is O=S(=O)(CCOc1ccccc1)Nc1ccc(-c2cnc[nH]2)cc1. The lowest BCUT2D eigenvalue weighted by atomic mass is 10.1. The molecule has 124 valence electrons. The van der Waals surface area contributed by atoms with Gasteiger partial charge in [-0.05, 0) is 29.8 Å². The summed E-state index contributed by atoms with van der Waals surface area (Å²) in [6.45, 7) is 0.0889. The van der Waals surface area contributed by atoms with E-state index < -0.39 is 10.0 Å². The molecule has 0 unspecified atom stereocenters. The molecular weight excluding hydrogens is 326 g/mol. The lowest BCUT2D eigenvalue weighted by Gasteiger charge is -2.10. The van der Waals surface area contributed by atoms with Gasteiger partial charge in [0.1, 0.15) is 18.1 Å². The van der Waals surface area contributed by atoms with E-state index in [4.69, 9.17) is 4.74 Å². The van der Waals surface area contributed by atoms with Crippen LogP contribution in [0.15, 0.2) is 67.1 Å². The molecule has 7 heteroatoms. The minimum Gasteiger partial charge on any atom is -0.492 e. The number of nitrogens with zero attached hydrogens (tertiary/aromatic N) is 1. The highest BCUT2D eigenvalue weighted by molar-refractivity contribution is 7.92. The smallest absolute Gasteiger partial charge is 0.236 e. The Bertz CT molecular complexity index is 861. The molecule has 3 rings (SSSR count). The Hall–Kier alpha value is -2.80. The van der Waals surface area contributed by atoms with Crippen molar-refractivity contribution in [1.29, 1.82) is 0 Å². The predicted molar refractivity (Wildman–Crippen MR) is 93.4 cm³/mol. The van der Waals surface area contributed by atoms with Crippen molar-refractivity contribution in [2.45, 2.75) is 0 Å². The average Bonchev–Trinajstić information content (AvgIpc) is 3.10. The van der Waals surface area contributed by atoms with Crippen LogP contribution in [0.4, 0.5) is 5.69 Å². The summed E-state index contributed by atoms with van der Waals surface area (Å²) in [4.78, 5) is 6.96. The average molecular weight is 343 g/mol. The summed E-state index contributed by atoms with van der Waals surface area (Å²) < 4.78 is 32.2. The first-order chi connectivity index (χ1) is 11.6. The van der Waals surface area contributed by atoms with E-state index in [-0.39, 0.29) is 12.4 Å². The van der Waals surface area contributed by atoms with Crippen molar-refractivity contribution < 1.29 is 13.2 Å². The Morgan fingerprint density at radius 2 is 1.79 bits per heavy atom. The Labute approximate surface area is 140 Å². The third kappa shape index (κ3) is 4.36. The van der Waals surface area contributed by atoms with E-state index in [0.29, 0.717) is 11.4 Å². The maximum absolute atomic E-state index is 12.1. The van der Waals surface area contributed by atoms with Gasteiger partial charge in [-0.1, -0.05) is 30.3 Å². The number of hydrogen-bond donors (Lipinski definition) is 2. The minimum atomic E-state index is -3.47. The number of benzene rings is 2. The Morgan fingerprint density at radius 1 is 1.04 bits per heavy atom. The van der Waals surface area contributed by atoms with E-state index in [1.54, 1.807) is 36.8 Å². The molecule has 0 spiro atoms. The summed E-state index contributed by atoms with van der Waals surface area (Å²) in [6.07, 6.45) is 3.30. The number of aromatic amines is 1. The Balaban J connectivity index is 1.56. The number of sulfonamides is 1. The molecule has 0 aliphatic carbocycles. The Morgan fingerprint density at radius 3 is 2.46 bits per heavy atom. The summed E-state index contributed by atoms with van der Waals surface area (Å²) in [6, 6.07) is 16.2. The van der Waals surface area contributed by atoms with E-state index >= 15 is 0 Å². The summed E-state index contributed by atoms with van der Waals surface area (Å²) in [5, 5.41) is 0. The van der Waals surface area contributed by atoms with Gasteiger partial charge in [0.15, 0.2) is 0 Å². The fourth-order valence-corrected chi connectivity index (χ4v) is 3.05. The van der Waals surface area contributed by atoms with Crippen molar-refractivity contribution in [3.8, 4) is 17.0 Å². The van der Waals surface area contributed by atoms with Gasteiger partial charge in [-0.2, -0.15) is 0 Å². The first-order valence-corrected chi connectivity index (χ1v) is 9.05. The largest absolute Gasteiger partial charge is 0.492 e. The lowest BCUT2D eigenvalue weighted by Crippen LogP contribution is -2.21. The van der Waals surface area contributed by atoms with Crippen LogP contribution in [0.5, 0.6) is 5.75 Å². The van der Waals surface area contributed by atoms with Crippen molar-refractivity contribution in [1.82, 2.24) is 9.97 Å². The number of hydrogen-bond acceptors (Lipinski definition) is 4. The van der Waals surface area contributed by atoms with Crippen molar-refractivity contribution in [3.05, 3.63) is 67.1 Å². The van der Waals surface area contributed by atoms with Crippen LogP contribution in [0.2, 0.25) is 0 Å². The molecule has 2 aromatic carbocycles. The predicted octanol–water partition coefficient (Wildman–Crippen LogP) is 2.90. The maximum Gasteiger partial charge on any atom is 0.236 e. The zero-order valence-corrected chi connectivity index (χ0v) is 13.7. The van der Waals surface area contributed by atoms with E-state index in [0.717, 1.165) is 11.3 Å². The normalized spacial score (nSPS) is 11.2. The standard InChI is InChI=1S/C17H17N3O3S/c21-24(22,11-10-23-16-4-2-1-3-5-16)20-15-8-6-14(7-9-15)17-12-18-13-19-17/h1-9,12-13,20H,10-11H2,(H,18,19). The highest BCUT2D eigenvalue weighted by Gasteiger charge is 2.11. The number of H-pyrrole nitrogens is 1. The van der Waals surface area contributed by atoms with Gasteiger partial charge in [0.05, 0.1) is 18.2 Å². The number of ether oxygens (including phenoxy) is 1. The second kappa shape index (κ2) is 7.18. The molecule has 0 saturated carbocycles. The van der Waals surface area contributed by atoms with E-state index in [1.165, 1.54) is 0 Å². The minimum absolute atomic E-state index is 0.0889. The van der Waals surface area contributed by atoms with Crippen LogP contribution in [0, 0.1) is 0 Å². The molecule has 0 radical (unpaired) electrons. The number of aromatic nitrogens is 2. The maximum atomic E-state index is 12.1. The fraction of sp³-hybridized carbons (Fsp3) is 0.118. The van der Waals surface area contributed by atoms with Crippen LogP contribution < -0.4 is 9.46 Å². The van der Waals surface area contributed by atoms with Gasteiger partial charge in [-0.25, -0.2) is 13.4 Å². The second-order valence-electron chi connectivity index (χ2n) is 5.13. The van der Waals surface area contributed by atoms with Crippen LogP contribution >= 0.6 is 0 Å². The molecule has 24 heavy (non-hydrogen) atoms. The summed E-state index contributed by atoms with van der Waals surface area (Å²) in [5.41, 5.74) is 2.32. The molecule has 0 aliphatic heterocycles. The number of para-hydroxylation sites is 1. The molecule has 0 amide bonds. The molecule has 2 N–H and O–H groups in total. The van der Waals surface area contributed by atoms with Gasteiger partial charge < -0.3 is 9.72 Å². The van der Waals surface area contributed by atoms with Crippen LogP contribution in [0.3, 0.4) is 0 Å².